The minimum atomic E-state index is -0.772. The van der Waals surface area contributed by atoms with Crippen molar-refractivity contribution < 1.29 is 18.7 Å². The highest BCUT2D eigenvalue weighted by Crippen LogP contribution is 2.27. The molecule has 5 nitrogen and oxygen atoms in total. The van der Waals surface area contributed by atoms with Gasteiger partial charge in [-0.25, -0.2) is 0 Å². The number of carbonyl (C=O) groups is 2. The largest absolute Gasteiger partial charge is 0.472 e. The second-order valence-corrected chi connectivity index (χ2v) is 7.52. The normalized spacial score (nSPS) is 12.2. The molecule has 5 heteroatoms. The lowest BCUT2D eigenvalue weighted by atomic mass is 9.84. The Balaban J connectivity index is 1.74. The van der Waals surface area contributed by atoms with Gasteiger partial charge in [-0.05, 0) is 42.5 Å². The van der Waals surface area contributed by atoms with Crippen molar-refractivity contribution in [3.8, 4) is 11.5 Å². The van der Waals surface area contributed by atoms with E-state index in [0.29, 0.717) is 16.9 Å². The molecule has 1 N–H and O–H groups in total. The number of hydrogen-bond acceptors (Lipinski definition) is 4. The summed E-state index contributed by atoms with van der Waals surface area (Å²) in [6.45, 7) is 5.47. The molecule has 0 saturated heterocycles. The van der Waals surface area contributed by atoms with Crippen LogP contribution >= 0.6 is 0 Å². The number of furan rings is 1. The summed E-state index contributed by atoms with van der Waals surface area (Å²) in [6.07, 6.45) is 2.96. The Morgan fingerprint density at radius 1 is 0.929 bits per heavy atom. The van der Waals surface area contributed by atoms with Gasteiger partial charge in [0.25, 0.3) is 5.91 Å². The van der Waals surface area contributed by atoms with Gasteiger partial charge in [0.05, 0.1) is 12.5 Å². The monoisotopic (exact) mass is 377 g/mol. The first kappa shape index (κ1) is 19.4. The van der Waals surface area contributed by atoms with E-state index in [1.165, 1.54) is 12.5 Å². The first-order valence-corrected chi connectivity index (χ1v) is 9.05. The van der Waals surface area contributed by atoms with Crippen LogP contribution in [0.15, 0.2) is 77.6 Å². The molecule has 0 saturated carbocycles. The van der Waals surface area contributed by atoms with Crippen LogP contribution in [0.5, 0.6) is 11.5 Å². The van der Waals surface area contributed by atoms with Gasteiger partial charge in [-0.1, -0.05) is 39.0 Å². The predicted octanol–water partition coefficient (Wildman–Crippen LogP) is 5.16. The summed E-state index contributed by atoms with van der Waals surface area (Å²) in [5.41, 5.74) is 0.454. The van der Waals surface area contributed by atoms with E-state index >= 15 is 0 Å². The molecule has 0 aliphatic carbocycles. The molecule has 1 amide bonds. The van der Waals surface area contributed by atoms with Crippen molar-refractivity contribution in [1.82, 2.24) is 5.32 Å². The number of amides is 1. The standard InChI is InChI=1S/C23H23NO4/c1-23(2,3)21(25)20(17-13-14-27-15-17)24-22(26)16-9-11-19(12-10-16)28-18-7-5-4-6-8-18/h4-15,20H,1-3H3,(H,24,26)/t20-/m0/s1. The van der Waals surface area contributed by atoms with Crippen LogP contribution in [0.25, 0.3) is 0 Å². The summed E-state index contributed by atoms with van der Waals surface area (Å²) in [5.74, 6) is 0.914. The molecule has 1 aromatic heterocycles. The zero-order chi connectivity index (χ0) is 20.1. The fourth-order valence-electron chi connectivity index (χ4n) is 2.69. The van der Waals surface area contributed by atoms with Gasteiger partial charge in [0, 0.05) is 16.5 Å². The molecular weight excluding hydrogens is 354 g/mol. The molecular formula is C23H23NO4. The molecule has 3 rings (SSSR count). The van der Waals surface area contributed by atoms with E-state index in [0.717, 1.165) is 5.75 Å². The van der Waals surface area contributed by atoms with Crippen molar-refractivity contribution in [2.45, 2.75) is 26.8 Å². The average molecular weight is 377 g/mol. The van der Waals surface area contributed by atoms with Gasteiger partial charge in [0.1, 0.15) is 17.5 Å². The van der Waals surface area contributed by atoms with Crippen molar-refractivity contribution in [1.29, 1.82) is 0 Å². The van der Waals surface area contributed by atoms with Crippen LogP contribution in [0.1, 0.15) is 42.7 Å². The third-order valence-corrected chi connectivity index (χ3v) is 4.25. The molecule has 144 valence electrons. The third kappa shape index (κ3) is 4.68. The zero-order valence-electron chi connectivity index (χ0n) is 16.1. The second-order valence-electron chi connectivity index (χ2n) is 7.52. The van der Waals surface area contributed by atoms with Crippen LogP contribution in [0.3, 0.4) is 0 Å². The Morgan fingerprint density at radius 3 is 2.14 bits per heavy atom. The maximum atomic E-state index is 12.8. The first-order valence-electron chi connectivity index (χ1n) is 9.05. The highest BCUT2D eigenvalue weighted by Gasteiger charge is 2.32. The van der Waals surface area contributed by atoms with E-state index in [4.69, 9.17) is 9.15 Å². The van der Waals surface area contributed by atoms with Gasteiger partial charge in [-0.2, -0.15) is 0 Å². The lowest BCUT2D eigenvalue weighted by Gasteiger charge is -2.24. The minimum absolute atomic E-state index is 0.0914. The van der Waals surface area contributed by atoms with Gasteiger partial charge >= 0.3 is 0 Å². The third-order valence-electron chi connectivity index (χ3n) is 4.25. The molecule has 2 aromatic carbocycles. The molecule has 0 unspecified atom stereocenters. The number of carbonyl (C=O) groups excluding carboxylic acids is 2. The second kappa shape index (κ2) is 8.13. The highest BCUT2D eigenvalue weighted by molar-refractivity contribution is 5.99. The smallest absolute Gasteiger partial charge is 0.252 e. The average Bonchev–Trinajstić information content (AvgIpc) is 3.20. The summed E-state index contributed by atoms with van der Waals surface area (Å²) in [6, 6.07) is 17.1. The van der Waals surface area contributed by atoms with Crippen LogP contribution in [0, 0.1) is 5.41 Å². The molecule has 0 fully saturated rings. The summed E-state index contributed by atoms with van der Waals surface area (Å²) in [5, 5.41) is 2.82. The van der Waals surface area contributed by atoms with Crippen LogP contribution in [-0.4, -0.2) is 11.7 Å². The van der Waals surface area contributed by atoms with E-state index in [1.54, 1.807) is 30.3 Å². The number of hydrogen-bond donors (Lipinski definition) is 1. The van der Waals surface area contributed by atoms with Gasteiger partial charge in [-0.15, -0.1) is 0 Å². The predicted molar refractivity (Wildman–Crippen MR) is 106 cm³/mol. The maximum absolute atomic E-state index is 12.8. The Kier molecular flexibility index (Phi) is 5.64. The van der Waals surface area contributed by atoms with Crippen molar-refractivity contribution >= 4 is 11.7 Å². The summed E-state index contributed by atoms with van der Waals surface area (Å²) < 4.78 is 10.8. The Hall–Kier alpha value is -3.34. The minimum Gasteiger partial charge on any atom is -0.472 e. The topological polar surface area (TPSA) is 68.5 Å². The molecule has 3 aromatic rings. The maximum Gasteiger partial charge on any atom is 0.252 e. The van der Waals surface area contributed by atoms with Crippen LogP contribution in [0.2, 0.25) is 0 Å². The van der Waals surface area contributed by atoms with E-state index < -0.39 is 11.5 Å². The fraction of sp³-hybridized carbons (Fsp3) is 0.217. The van der Waals surface area contributed by atoms with Crippen LogP contribution in [-0.2, 0) is 4.79 Å². The van der Waals surface area contributed by atoms with Gasteiger partial charge < -0.3 is 14.5 Å². The lowest BCUT2D eigenvalue weighted by Crippen LogP contribution is -2.39. The molecule has 0 bridgehead atoms. The van der Waals surface area contributed by atoms with E-state index in [1.807, 2.05) is 51.1 Å². The van der Waals surface area contributed by atoms with Crippen molar-refractivity contribution in [3.63, 3.8) is 0 Å². The first-order chi connectivity index (χ1) is 13.3. The summed E-state index contributed by atoms with van der Waals surface area (Å²) in [4.78, 5) is 25.5. The molecule has 0 spiro atoms. The number of Topliss-reactive ketones (excluding diaryl/α,β-unsaturated/α-hetero) is 1. The molecule has 1 atom stereocenters. The quantitative estimate of drug-likeness (QED) is 0.644. The number of rotatable bonds is 6. The number of ketones is 1. The van der Waals surface area contributed by atoms with Crippen molar-refractivity contribution in [2.75, 3.05) is 0 Å². The molecule has 0 aliphatic heterocycles. The van der Waals surface area contributed by atoms with E-state index in [9.17, 15) is 9.59 Å². The molecule has 0 aliphatic rings. The molecule has 0 radical (unpaired) electrons. The highest BCUT2D eigenvalue weighted by atomic mass is 16.5. The van der Waals surface area contributed by atoms with Crippen molar-refractivity contribution in [3.05, 3.63) is 84.3 Å². The molecule has 28 heavy (non-hydrogen) atoms. The van der Waals surface area contributed by atoms with Crippen LogP contribution < -0.4 is 10.1 Å². The number of nitrogens with one attached hydrogen (secondary N) is 1. The van der Waals surface area contributed by atoms with E-state index in [-0.39, 0.29) is 11.7 Å². The van der Waals surface area contributed by atoms with E-state index in [2.05, 4.69) is 5.32 Å². The number of para-hydroxylation sites is 1. The van der Waals surface area contributed by atoms with Crippen LogP contribution in [0.4, 0.5) is 0 Å². The van der Waals surface area contributed by atoms with Gasteiger partial charge in [0.2, 0.25) is 0 Å². The zero-order valence-corrected chi connectivity index (χ0v) is 16.1. The summed E-state index contributed by atoms with van der Waals surface area (Å²) >= 11 is 0. The number of ether oxygens (including phenoxy) is 1. The van der Waals surface area contributed by atoms with Gasteiger partial charge in [-0.3, -0.25) is 9.59 Å². The fourth-order valence-corrected chi connectivity index (χ4v) is 2.69. The van der Waals surface area contributed by atoms with Gasteiger partial charge in [0.15, 0.2) is 5.78 Å². The Labute approximate surface area is 164 Å². The lowest BCUT2D eigenvalue weighted by molar-refractivity contribution is -0.128. The SMILES string of the molecule is CC(C)(C)C(=O)[C@@H](NC(=O)c1ccc(Oc2ccccc2)cc1)c1ccoc1. The summed E-state index contributed by atoms with van der Waals surface area (Å²) in [7, 11) is 0. The Bertz CT molecular complexity index is 923. The van der Waals surface area contributed by atoms with Crippen molar-refractivity contribution in [2.24, 2.45) is 5.41 Å². The number of benzene rings is 2. The Morgan fingerprint density at radius 2 is 1.57 bits per heavy atom. The molecule has 1 heterocycles.